The number of nitrogens with zero attached hydrogens (tertiary/aromatic N) is 2. The van der Waals surface area contributed by atoms with Crippen LogP contribution in [0.2, 0.25) is 0 Å². The molecule has 248 valence electrons. The van der Waals surface area contributed by atoms with Crippen molar-refractivity contribution in [3.63, 3.8) is 0 Å². The summed E-state index contributed by atoms with van der Waals surface area (Å²) in [5, 5.41) is -0.365. The maximum absolute atomic E-state index is 14.6. The Morgan fingerprint density at radius 2 is 1.58 bits per heavy atom. The number of carbonyl (C=O) groups is 1. The molecule has 0 atom stereocenters. The molecular weight excluding hydrogens is 633 g/mol. The van der Waals surface area contributed by atoms with E-state index in [2.05, 4.69) is 14.7 Å². The summed E-state index contributed by atoms with van der Waals surface area (Å²) in [5.41, 5.74) is 3.32. The average molecular weight is 670 g/mol. The van der Waals surface area contributed by atoms with E-state index in [4.69, 9.17) is 14.2 Å². The molecule has 0 fully saturated rings. The van der Waals surface area contributed by atoms with Gasteiger partial charge in [0, 0.05) is 11.6 Å². The minimum absolute atomic E-state index is 0.155. The highest BCUT2D eigenvalue weighted by molar-refractivity contribution is 7.90. The Morgan fingerprint density at radius 3 is 2.27 bits per heavy atom. The van der Waals surface area contributed by atoms with Crippen LogP contribution < -0.4 is 18.9 Å². The minimum atomic E-state index is -4.42. The number of hydrogen-bond donors (Lipinski definition) is 1. The van der Waals surface area contributed by atoms with Gasteiger partial charge in [-0.2, -0.15) is 8.42 Å². The van der Waals surface area contributed by atoms with Crippen LogP contribution in [0.15, 0.2) is 96.0 Å². The maximum atomic E-state index is 14.6. The van der Waals surface area contributed by atoms with Gasteiger partial charge in [0.2, 0.25) is 5.88 Å². The molecule has 2 aromatic heterocycles. The number of nitrogens with one attached hydrogen (secondary N) is 1. The van der Waals surface area contributed by atoms with Crippen LogP contribution in [0, 0.1) is 32.5 Å². The third kappa shape index (κ3) is 8.34. The van der Waals surface area contributed by atoms with Crippen LogP contribution in [0.4, 0.5) is 4.39 Å². The molecule has 0 aliphatic carbocycles. The molecule has 0 radical (unpaired) electrons. The van der Waals surface area contributed by atoms with Crippen molar-refractivity contribution in [3.05, 3.63) is 125 Å². The Balaban J connectivity index is 1.45. The van der Waals surface area contributed by atoms with Crippen molar-refractivity contribution >= 4 is 15.9 Å². The van der Waals surface area contributed by atoms with Gasteiger partial charge < -0.3 is 14.2 Å². The predicted octanol–water partition coefficient (Wildman–Crippen LogP) is 7.73. The van der Waals surface area contributed by atoms with Crippen LogP contribution in [0.5, 0.6) is 23.1 Å². The van der Waals surface area contributed by atoms with E-state index in [9.17, 15) is 17.6 Å². The van der Waals surface area contributed by atoms with Crippen LogP contribution in [-0.2, 0) is 16.6 Å². The lowest BCUT2D eigenvalue weighted by Gasteiger charge is -2.16. The molecule has 0 spiro atoms. The van der Waals surface area contributed by atoms with E-state index < -0.39 is 21.7 Å². The number of ether oxygens (including phenoxy) is 3. The molecule has 3 aromatic carbocycles. The minimum Gasteiger partial charge on any atom is -0.493 e. The summed E-state index contributed by atoms with van der Waals surface area (Å²) in [6.45, 7) is 9.92. The predicted molar refractivity (Wildman–Crippen MR) is 180 cm³/mol. The highest BCUT2D eigenvalue weighted by Crippen LogP contribution is 2.33. The molecule has 2 heterocycles. The van der Waals surface area contributed by atoms with Crippen LogP contribution in [0.1, 0.15) is 46.6 Å². The molecule has 1 amide bonds. The molecule has 48 heavy (non-hydrogen) atoms. The monoisotopic (exact) mass is 669 g/mol. The van der Waals surface area contributed by atoms with Gasteiger partial charge in [-0.15, -0.1) is 0 Å². The summed E-state index contributed by atoms with van der Waals surface area (Å²) in [4.78, 5) is 22.3. The Bertz CT molecular complexity index is 2030. The molecule has 5 aromatic rings. The van der Waals surface area contributed by atoms with E-state index in [1.807, 2.05) is 76.2 Å². The third-order valence-corrected chi connectivity index (χ3v) is 8.45. The molecule has 5 rings (SSSR count). The number of aromatic nitrogens is 2. The van der Waals surface area contributed by atoms with Crippen LogP contribution in [0.25, 0.3) is 11.3 Å². The second-order valence-corrected chi connectivity index (χ2v) is 13.3. The van der Waals surface area contributed by atoms with Gasteiger partial charge >= 0.3 is 0 Å². The lowest BCUT2D eigenvalue weighted by Crippen LogP contribution is -2.31. The summed E-state index contributed by atoms with van der Waals surface area (Å²) in [6.07, 6.45) is 0. The van der Waals surface area contributed by atoms with E-state index >= 15 is 0 Å². The second kappa shape index (κ2) is 14.6. The fourth-order valence-corrected chi connectivity index (χ4v) is 5.72. The number of amides is 1. The zero-order valence-corrected chi connectivity index (χ0v) is 28.1. The molecular formula is C37H36FN3O6S. The van der Waals surface area contributed by atoms with Gasteiger partial charge in [-0.3, -0.25) is 4.79 Å². The lowest BCUT2D eigenvalue weighted by atomic mass is 10.1. The molecule has 0 saturated heterocycles. The number of halogens is 1. The first kappa shape index (κ1) is 34.1. The number of pyridine rings is 2. The first-order valence-corrected chi connectivity index (χ1v) is 16.8. The summed E-state index contributed by atoms with van der Waals surface area (Å²) in [6, 6.07) is 24.9. The van der Waals surface area contributed by atoms with Gasteiger partial charge in [-0.1, -0.05) is 62.4 Å². The first-order chi connectivity index (χ1) is 22.9. The van der Waals surface area contributed by atoms with Crippen molar-refractivity contribution in [1.29, 1.82) is 0 Å². The molecule has 0 aliphatic rings. The Labute approximate surface area is 279 Å². The lowest BCUT2D eigenvalue weighted by molar-refractivity contribution is 0.0978. The second-order valence-electron chi connectivity index (χ2n) is 11.7. The molecule has 11 heteroatoms. The molecule has 0 saturated carbocycles. The van der Waals surface area contributed by atoms with E-state index in [1.165, 1.54) is 36.4 Å². The van der Waals surface area contributed by atoms with Gasteiger partial charge in [-0.25, -0.2) is 19.1 Å². The number of sulfonamides is 1. The fraction of sp³-hybridized carbons (Fsp3) is 0.216. The first-order valence-electron chi connectivity index (χ1n) is 15.3. The van der Waals surface area contributed by atoms with Gasteiger partial charge in [0.25, 0.3) is 15.9 Å². The molecule has 9 nitrogen and oxygen atoms in total. The summed E-state index contributed by atoms with van der Waals surface area (Å²) < 4.78 is 61.2. The van der Waals surface area contributed by atoms with Crippen LogP contribution in [-0.4, -0.2) is 30.9 Å². The van der Waals surface area contributed by atoms with Gasteiger partial charge in [0.1, 0.15) is 35.2 Å². The van der Waals surface area contributed by atoms with E-state index in [1.54, 1.807) is 13.0 Å². The summed E-state index contributed by atoms with van der Waals surface area (Å²) >= 11 is 0. The Hall–Kier alpha value is -5.29. The summed E-state index contributed by atoms with van der Waals surface area (Å²) in [7, 11) is -4.42. The zero-order chi connectivity index (χ0) is 34.4. The van der Waals surface area contributed by atoms with E-state index in [0.717, 1.165) is 16.7 Å². The molecule has 1 N–H and O–H groups in total. The van der Waals surface area contributed by atoms with Crippen molar-refractivity contribution in [2.24, 2.45) is 5.92 Å². The maximum Gasteiger partial charge on any atom is 0.281 e. The molecule has 0 aliphatic heterocycles. The van der Waals surface area contributed by atoms with Gasteiger partial charge in [0.05, 0.1) is 18.0 Å². The van der Waals surface area contributed by atoms with Crippen molar-refractivity contribution < 1.29 is 31.8 Å². The van der Waals surface area contributed by atoms with Crippen molar-refractivity contribution in [3.8, 4) is 34.4 Å². The van der Waals surface area contributed by atoms with Gasteiger partial charge in [0.15, 0.2) is 5.03 Å². The number of aryl methyl sites for hydroxylation is 3. The van der Waals surface area contributed by atoms with Crippen molar-refractivity contribution in [1.82, 2.24) is 14.7 Å². The zero-order valence-electron chi connectivity index (χ0n) is 27.3. The Morgan fingerprint density at radius 1 is 0.854 bits per heavy atom. The highest BCUT2D eigenvalue weighted by Gasteiger charge is 2.25. The average Bonchev–Trinajstić information content (AvgIpc) is 3.05. The smallest absolute Gasteiger partial charge is 0.281 e. The molecule has 0 unspecified atom stereocenters. The standard InChI is InChI=1S/C37H36FN3O6S/c1-23(2)21-45-30-19-28(18-29(38)20-30)32-15-14-31(37(40-32)47-35-24(3)10-9-11-25(35)4)36(42)41-48(43,44)34-17-16-33(26(5)39-34)46-22-27-12-7-6-8-13-27/h6-20,23H,21-22H2,1-5H3,(H,41,42). The van der Waals surface area contributed by atoms with E-state index in [-0.39, 0.29) is 34.7 Å². The number of hydrogen-bond acceptors (Lipinski definition) is 8. The van der Waals surface area contributed by atoms with Gasteiger partial charge in [-0.05, 0) is 79.8 Å². The number of carbonyl (C=O) groups excluding carboxylic acids is 1. The largest absolute Gasteiger partial charge is 0.493 e. The number of rotatable bonds is 12. The quantitative estimate of drug-likeness (QED) is 0.143. The molecule has 0 bridgehead atoms. The van der Waals surface area contributed by atoms with E-state index in [0.29, 0.717) is 35.1 Å². The SMILES string of the molecule is Cc1cccc(C)c1Oc1nc(-c2cc(F)cc(OCC(C)C)c2)ccc1C(=O)NS(=O)(=O)c1ccc(OCc2ccccc2)c(C)n1. The highest BCUT2D eigenvalue weighted by atomic mass is 32.2. The normalized spacial score (nSPS) is 11.3. The fourth-order valence-electron chi connectivity index (χ4n) is 4.76. The Kier molecular flexibility index (Phi) is 10.4. The third-order valence-electron chi connectivity index (χ3n) is 7.21. The van der Waals surface area contributed by atoms with Crippen LogP contribution in [0.3, 0.4) is 0 Å². The topological polar surface area (TPSA) is 117 Å². The summed E-state index contributed by atoms with van der Waals surface area (Å²) in [5.74, 6) is -0.278. The number of para-hydroxylation sites is 1. The van der Waals surface area contributed by atoms with Crippen LogP contribution >= 0.6 is 0 Å². The van der Waals surface area contributed by atoms with Crippen molar-refractivity contribution in [2.75, 3.05) is 6.61 Å². The van der Waals surface area contributed by atoms with Crippen molar-refractivity contribution in [2.45, 2.75) is 46.3 Å². The number of benzene rings is 3.